The molecule has 3 heterocycles. The lowest BCUT2D eigenvalue weighted by Crippen LogP contribution is -2.56. The Balaban J connectivity index is 0.000000127. The number of carbonyl (C=O) groups excluding carboxylic acids is 5. The Morgan fingerprint density at radius 2 is 1.13 bits per heavy atom. The highest BCUT2D eigenvalue weighted by Crippen LogP contribution is 2.63. The molecule has 5 aromatic rings. The number of halogens is 2. The summed E-state index contributed by atoms with van der Waals surface area (Å²) in [4.78, 5) is 66.5. The van der Waals surface area contributed by atoms with Gasteiger partial charge in [-0.1, -0.05) is 53.9 Å². The summed E-state index contributed by atoms with van der Waals surface area (Å²) in [7, 11) is 0. The van der Waals surface area contributed by atoms with Crippen LogP contribution in [0, 0.1) is 75.2 Å². The van der Waals surface area contributed by atoms with Gasteiger partial charge in [0.1, 0.15) is 17.3 Å². The highest BCUT2D eigenvalue weighted by atomic mass is 19.1. The van der Waals surface area contributed by atoms with Crippen molar-refractivity contribution >= 4 is 29.7 Å². The lowest BCUT2D eigenvalue weighted by atomic mass is 9.48. The molecule has 2 aromatic carbocycles. The largest absolute Gasteiger partial charge is 0.466 e. The minimum Gasteiger partial charge on any atom is -0.466 e. The molecule has 11 atom stereocenters. The van der Waals surface area contributed by atoms with Crippen LogP contribution in [0.15, 0.2) is 48.5 Å². The monoisotopic (exact) mass is 1360 g/mol. The van der Waals surface area contributed by atoms with E-state index in [0.29, 0.717) is 60.7 Å². The molecule has 0 aliphatic heterocycles. The summed E-state index contributed by atoms with van der Waals surface area (Å²) >= 11 is 0. The zero-order valence-electron chi connectivity index (χ0n) is 60.2. The Labute approximate surface area is 584 Å². The second kappa shape index (κ2) is 28.3. The molecule has 9 fully saturated rings. The molecule has 3 aromatic heterocycles. The van der Waals surface area contributed by atoms with Gasteiger partial charge in [-0.05, 0) is 282 Å². The van der Waals surface area contributed by atoms with E-state index in [4.69, 9.17) is 24.8 Å². The van der Waals surface area contributed by atoms with Crippen LogP contribution < -0.4 is 16.0 Å². The summed E-state index contributed by atoms with van der Waals surface area (Å²) < 4.78 is 43.6. The molecule has 0 spiro atoms. The fraction of sp³-hybridized carbons (Fsp3) is 0.679. The SMILES string of the molecule is CCC1CCCc2c(C(=O)NC3C4(C)CCC(C4)C3(C)C)nn(-c3ccc(F)cc3)c21.CCOC(=O)C1CCc2nn(C3CCCCC3)c(C(=O)NC(C)C34CC5CC(CC(C5)C3)C4)c2C1.CCOC(=O)[C@H]1C2CCC(C2)[C@H]1NC(=O)c1nn(-c2ccc(F)cc2)c2c1CCCC2CC. The van der Waals surface area contributed by atoms with Crippen molar-refractivity contribution in [2.75, 3.05) is 13.2 Å². The summed E-state index contributed by atoms with van der Waals surface area (Å²) in [5.41, 5.74) is 10.2. The fourth-order valence-corrected chi connectivity index (χ4v) is 22.5. The number of ether oxygens (including phenoxy) is 2. The van der Waals surface area contributed by atoms with Gasteiger partial charge in [0.2, 0.25) is 0 Å². The minimum atomic E-state index is -0.300. The van der Waals surface area contributed by atoms with Gasteiger partial charge >= 0.3 is 11.9 Å². The average molecular weight is 1360 g/mol. The van der Waals surface area contributed by atoms with Gasteiger partial charge in [0.05, 0.1) is 59.5 Å². The van der Waals surface area contributed by atoms with Gasteiger partial charge in [0.15, 0.2) is 11.4 Å². The molecular weight excluding hydrogens is 1250 g/mol. The van der Waals surface area contributed by atoms with Crippen LogP contribution >= 0.6 is 0 Å². The molecule has 12 aliphatic rings. The minimum absolute atomic E-state index is 0.0390. The Hall–Kier alpha value is -6.72. The molecule has 99 heavy (non-hydrogen) atoms. The molecule has 12 aliphatic carbocycles. The van der Waals surface area contributed by atoms with E-state index in [-0.39, 0.29) is 93.4 Å². The Bertz CT molecular complexity index is 3770. The summed E-state index contributed by atoms with van der Waals surface area (Å²) in [6, 6.07) is 13.1. The summed E-state index contributed by atoms with van der Waals surface area (Å²) in [5.74, 6) is 3.02. The maximum atomic E-state index is 14.1. The first-order chi connectivity index (χ1) is 47.7. The van der Waals surface area contributed by atoms with Crippen LogP contribution in [0.25, 0.3) is 11.4 Å². The molecule has 534 valence electrons. The standard InChI is InChI=1S/C29H43N3O3.C26H32FN3O3.C26H34FN3O/c1-3-35-28(34)22-9-10-25-24(14-22)26(32(31-25)23-7-5-4-6-8-23)27(33)30-18(2)29-15-19-11-20(16-29)13-21(12-19)17-29;1-3-15-6-5-7-20-23(29-30(24(15)20)19-12-10-18(27)11-13-19)25(31)28-22-17-9-8-16(14-17)21(22)26(32)33-4-2;1-5-16-7-6-8-20-21(29-30(22(16)20)19-11-9-18(27)10-12-19)23(31)28-24-25(2,3)17-13-14-26(24,4)15-17/h18-23H,3-17H2,1-2H3,(H,30,33);10-13,15-17,21-22H,3-9,14H2,1-2H3,(H,28,31);9-12,16-17,24H,5-8,13-15H2,1-4H3,(H,28,31)/t;15?,16?,17?,21-,22+;/m.0./s1. The van der Waals surface area contributed by atoms with Gasteiger partial charge < -0.3 is 25.4 Å². The number of rotatable bonds is 16. The fourth-order valence-electron chi connectivity index (χ4n) is 22.5. The lowest BCUT2D eigenvalue weighted by molar-refractivity contribution is -0.151. The van der Waals surface area contributed by atoms with Crippen LogP contribution in [-0.4, -0.2) is 90.3 Å². The van der Waals surface area contributed by atoms with Gasteiger partial charge in [-0.3, -0.25) is 28.7 Å². The first-order valence-corrected chi connectivity index (χ1v) is 38.8. The maximum Gasteiger partial charge on any atom is 0.311 e. The second-order valence-electron chi connectivity index (χ2n) is 33.3. The van der Waals surface area contributed by atoms with Crippen molar-refractivity contribution in [3.05, 3.63) is 111 Å². The molecule has 0 radical (unpaired) electrons. The smallest absolute Gasteiger partial charge is 0.311 e. The number of nitrogens with one attached hydrogen (secondary N) is 3. The zero-order valence-corrected chi connectivity index (χ0v) is 60.2. The van der Waals surface area contributed by atoms with E-state index in [1.165, 1.54) is 101 Å². The highest BCUT2D eigenvalue weighted by Gasteiger charge is 2.60. The quantitative estimate of drug-likeness (QED) is 0.0801. The molecule has 3 N–H and O–H groups in total. The van der Waals surface area contributed by atoms with E-state index < -0.39 is 0 Å². The van der Waals surface area contributed by atoms with Crippen LogP contribution in [0.5, 0.6) is 0 Å². The Kier molecular flexibility index (Phi) is 19.8. The molecule has 18 heteroatoms. The number of esters is 2. The lowest BCUT2D eigenvalue weighted by Gasteiger charge is -2.59. The van der Waals surface area contributed by atoms with Crippen LogP contribution in [0.2, 0.25) is 0 Å². The number of benzene rings is 2. The van der Waals surface area contributed by atoms with E-state index in [1.807, 2.05) is 23.2 Å². The van der Waals surface area contributed by atoms with Crippen LogP contribution in [-0.2, 0) is 44.7 Å². The van der Waals surface area contributed by atoms with Gasteiger partial charge in [-0.15, -0.1) is 0 Å². The van der Waals surface area contributed by atoms with Crippen LogP contribution in [0.3, 0.4) is 0 Å². The summed E-state index contributed by atoms with van der Waals surface area (Å²) in [6.45, 7) is 18.0. The van der Waals surface area contributed by atoms with E-state index >= 15 is 0 Å². The third-order valence-electron chi connectivity index (χ3n) is 27.0. The summed E-state index contributed by atoms with van der Waals surface area (Å²) in [5, 5.41) is 24.8. The number of fused-ring (bicyclic) bond motifs is 7. The molecule has 8 bridgehead atoms. The summed E-state index contributed by atoms with van der Waals surface area (Å²) in [6.07, 6.45) is 30.6. The van der Waals surface area contributed by atoms with Crippen molar-refractivity contribution in [3.63, 3.8) is 0 Å². The van der Waals surface area contributed by atoms with Crippen molar-refractivity contribution in [2.45, 2.75) is 271 Å². The van der Waals surface area contributed by atoms with E-state index in [0.717, 1.165) is 165 Å². The van der Waals surface area contributed by atoms with Crippen molar-refractivity contribution in [2.24, 2.45) is 63.6 Å². The van der Waals surface area contributed by atoms with E-state index in [2.05, 4.69) is 62.2 Å². The van der Waals surface area contributed by atoms with Crippen molar-refractivity contribution < 1.29 is 42.2 Å². The van der Waals surface area contributed by atoms with Crippen molar-refractivity contribution in [3.8, 4) is 11.4 Å². The molecule has 3 amide bonds. The third kappa shape index (κ3) is 13.1. The highest BCUT2D eigenvalue weighted by molar-refractivity contribution is 5.96. The maximum absolute atomic E-state index is 14.1. The number of aromatic nitrogens is 6. The van der Waals surface area contributed by atoms with Gasteiger partial charge in [0, 0.05) is 46.7 Å². The molecule has 9 saturated carbocycles. The van der Waals surface area contributed by atoms with Crippen molar-refractivity contribution in [1.82, 2.24) is 45.3 Å². The molecule has 0 saturated heterocycles. The normalized spacial score (nSPS) is 31.3. The molecule has 16 nitrogen and oxygen atoms in total. The number of nitrogens with zero attached hydrogens (tertiary/aromatic N) is 6. The van der Waals surface area contributed by atoms with Crippen molar-refractivity contribution in [1.29, 1.82) is 0 Å². The van der Waals surface area contributed by atoms with E-state index in [1.54, 1.807) is 24.3 Å². The second-order valence-corrected chi connectivity index (χ2v) is 33.3. The predicted octanol–water partition coefficient (Wildman–Crippen LogP) is 15.7. The predicted molar refractivity (Wildman–Crippen MR) is 376 cm³/mol. The molecular formula is C81H109F2N9O7. The number of aryl methyl sites for hydroxylation is 1. The van der Waals surface area contributed by atoms with Gasteiger partial charge in [-0.2, -0.15) is 15.3 Å². The first kappa shape index (κ1) is 69.4. The number of amides is 3. The number of hydrogen-bond donors (Lipinski definition) is 3. The Morgan fingerprint density at radius 3 is 1.67 bits per heavy atom. The molecule has 9 unspecified atom stereocenters. The zero-order chi connectivity index (χ0) is 69.2. The van der Waals surface area contributed by atoms with E-state index in [9.17, 15) is 32.8 Å². The third-order valence-corrected chi connectivity index (χ3v) is 27.0. The average Bonchev–Trinajstić information content (AvgIpc) is 1.64. The number of carbonyl (C=O) groups is 5. The number of hydrogen-bond acceptors (Lipinski definition) is 10. The first-order valence-electron chi connectivity index (χ1n) is 38.8. The molecule has 17 rings (SSSR count). The van der Waals surface area contributed by atoms with Gasteiger partial charge in [-0.25, -0.2) is 18.1 Å². The van der Waals surface area contributed by atoms with Crippen LogP contribution in [0.4, 0.5) is 8.78 Å². The Morgan fingerprint density at radius 1 is 0.586 bits per heavy atom. The van der Waals surface area contributed by atoms with Crippen LogP contribution in [0.1, 0.15) is 293 Å². The topological polar surface area (TPSA) is 193 Å². The van der Waals surface area contributed by atoms with Gasteiger partial charge in [0.25, 0.3) is 17.7 Å².